The minimum Gasteiger partial charge on any atom is -0.383 e. The second-order valence-electron chi connectivity index (χ2n) is 3.76. The summed E-state index contributed by atoms with van der Waals surface area (Å²) >= 11 is 0. The van der Waals surface area contributed by atoms with Crippen LogP contribution in [0.2, 0.25) is 0 Å². The molecule has 0 spiro atoms. The number of hydrogen-bond donors (Lipinski definition) is 2. The lowest BCUT2D eigenvalue weighted by molar-refractivity contribution is -0.384. The highest BCUT2D eigenvalue weighted by Crippen LogP contribution is 2.20. The lowest BCUT2D eigenvalue weighted by atomic mass is 10.2. The molecular formula is C11H15N3O4. The Morgan fingerprint density at radius 3 is 2.83 bits per heavy atom. The number of non-ortho nitro benzene ring substituents is 1. The zero-order chi connectivity index (χ0) is 13.5. The van der Waals surface area contributed by atoms with Crippen LogP contribution in [0.3, 0.4) is 0 Å². The van der Waals surface area contributed by atoms with Crippen molar-refractivity contribution in [2.24, 2.45) is 5.73 Å². The fraction of sp³-hybridized carbons (Fsp3) is 0.364. The van der Waals surface area contributed by atoms with Crippen LogP contribution < -0.4 is 11.1 Å². The number of aryl methyl sites for hydroxylation is 1. The molecule has 0 unspecified atom stereocenters. The van der Waals surface area contributed by atoms with Gasteiger partial charge in [-0.05, 0) is 18.6 Å². The van der Waals surface area contributed by atoms with Gasteiger partial charge in [0.1, 0.15) is 6.61 Å². The van der Waals surface area contributed by atoms with Crippen molar-refractivity contribution in [3.05, 3.63) is 33.9 Å². The molecule has 1 aromatic rings. The maximum absolute atomic E-state index is 10.7. The monoisotopic (exact) mass is 253 g/mol. The number of rotatable bonds is 7. The molecule has 0 heterocycles. The van der Waals surface area contributed by atoms with E-state index in [4.69, 9.17) is 10.5 Å². The number of carbonyl (C=O) groups is 1. The van der Waals surface area contributed by atoms with Gasteiger partial charge >= 0.3 is 0 Å². The van der Waals surface area contributed by atoms with Crippen molar-refractivity contribution < 1.29 is 14.5 Å². The number of nitrogens with two attached hydrogens (primary N) is 1. The van der Waals surface area contributed by atoms with E-state index in [1.807, 2.05) is 0 Å². The zero-order valence-electron chi connectivity index (χ0n) is 10.0. The number of anilines is 1. The number of hydrogen-bond acceptors (Lipinski definition) is 5. The average Bonchev–Trinajstić information content (AvgIpc) is 2.27. The third kappa shape index (κ3) is 4.79. The normalized spacial score (nSPS) is 10.1. The van der Waals surface area contributed by atoms with Gasteiger partial charge in [0.15, 0.2) is 0 Å². The summed E-state index contributed by atoms with van der Waals surface area (Å²) in [6.07, 6.45) is 0. The van der Waals surface area contributed by atoms with Crippen LogP contribution in [0.25, 0.3) is 0 Å². The van der Waals surface area contributed by atoms with Crippen LogP contribution in [-0.2, 0) is 9.53 Å². The fourth-order valence-electron chi connectivity index (χ4n) is 1.41. The lowest BCUT2D eigenvalue weighted by Gasteiger charge is -2.07. The molecule has 3 N–H and O–H groups in total. The van der Waals surface area contributed by atoms with Crippen molar-refractivity contribution in [3.63, 3.8) is 0 Å². The van der Waals surface area contributed by atoms with Crippen molar-refractivity contribution in [1.29, 1.82) is 0 Å². The Labute approximate surface area is 104 Å². The fourth-order valence-corrected chi connectivity index (χ4v) is 1.41. The molecule has 0 fully saturated rings. The van der Waals surface area contributed by atoms with E-state index >= 15 is 0 Å². The predicted octanol–water partition coefficient (Wildman–Crippen LogP) is 0.817. The molecule has 7 nitrogen and oxygen atoms in total. The molecule has 1 amide bonds. The van der Waals surface area contributed by atoms with E-state index in [2.05, 4.69) is 5.32 Å². The number of nitro benzene ring substituents is 1. The Kier molecular flexibility index (Phi) is 5.06. The molecular weight excluding hydrogens is 238 g/mol. The number of primary amides is 1. The third-order valence-electron chi connectivity index (χ3n) is 2.09. The standard InChI is InChI=1S/C11H15N3O4/c1-8-4-9(6-10(5-8)14(16)17)13-2-3-18-7-11(12)15/h4-6,13H,2-3,7H2,1H3,(H2,12,15). The van der Waals surface area contributed by atoms with Crippen molar-refractivity contribution >= 4 is 17.3 Å². The van der Waals surface area contributed by atoms with E-state index in [0.29, 0.717) is 18.8 Å². The van der Waals surface area contributed by atoms with Crippen molar-refractivity contribution in [3.8, 4) is 0 Å². The second-order valence-corrected chi connectivity index (χ2v) is 3.76. The maximum atomic E-state index is 10.7. The number of nitrogens with one attached hydrogen (secondary N) is 1. The molecule has 7 heteroatoms. The molecule has 0 aromatic heterocycles. The van der Waals surface area contributed by atoms with Gasteiger partial charge in [0.25, 0.3) is 5.69 Å². The topological polar surface area (TPSA) is 107 Å². The average molecular weight is 253 g/mol. The first kappa shape index (κ1) is 13.9. The molecule has 0 saturated carbocycles. The minimum absolute atomic E-state index is 0.0376. The summed E-state index contributed by atoms with van der Waals surface area (Å²) in [6.45, 7) is 2.38. The summed E-state index contributed by atoms with van der Waals surface area (Å²) in [5.41, 5.74) is 6.38. The van der Waals surface area contributed by atoms with Crippen LogP contribution in [0.5, 0.6) is 0 Å². The van der Waals surface area contributed by atoms with Gasteiger partial charge in [0.2, 0.25) is 5.91 Å². The molecule has 1 rings (SSSR count). The van der Waals surface area contributed by atoms with Gasteiger partial charge in [-0.15, -0.1) is 0 Å². The first-order valence-corrected chi connectivity index (χ1v) is 5.35. The summed E-state index contributed by atoms with van der Waals surface area (Å²) in [6, 6.07) is 4.73. The van der Waals surface area contributed by atoms with Gasteiger partial charge in [-0.2, -0.15) is 0 Å². The quantitative estimate of drug-likeness (QED) is 0.425. The summed E-state index contributed by atoms with van der Waals surface area (Å²) in [4.78, 5) is 20.6. The van der Waals surface area contributed by atoms with E-state index in [0.717, 1.165) is 5.56 Å². The highest BCUT2D eigenvalue weighted by Gasteiger charge is 2.07. The van der Waals surface area contributed by atoms with Crippen molar-refractivity contribution in [2.75, 3.05) is 25.1 Å². The highest BCUT2D eigenvalue weighted by molar-refractivity contribution is 5.74. The van der Waals surface area contributed by atoms with Gasteiger partial charge in [-0.3, -0.25) is 14.9 Å². The Morgan fingerprint density at radius 1 is 1.50 bits per heavy atom. The first-order valence-electron chi connectivity index (χ1n) is 5.35. The van der Waals surface area contributed by atoms with E-state index in [1.165, 1.54) is 12.1 Å². The summed E-state index contributed by atoms with van der Waals surface area (Å²) in [5.74, 6) is -0.527. The minimum atomic E-state index is -0.527. The lowest BCUT2D eigenvalue weighted by Crippen LogP contribution is -2.20. The van der Waals surface area contributed by atoms with Crippen LogP contribution >= 0.6 is 0 Å². The van der Waals surface area contributed by atoms with Gasteiger partial charge in [-0.25, -0.2) is 0 Å². The summed E-state index contributed by atoms with van der Waals surface area (Å²) < 4.78 is 4.95. The molecule has 0 bridgehead atoms. The summed E-state index contributed by atoms with van der Waals surface area (Å²) in [7, 11) is 0. The molecule has 0 radical (unpaired) electrons. The highest BCUT2D eigenvalue weighted by atomic mass is 16.6. The molecule has 0 aliphatic heterocycles. The van der Waals surface area contributed by atoms with Gasteiger partial charge in [-0.1, -0.05) is 0 Å². The van der Waals surface area contributed by atoms with Crippen LogP contribution in [0.15, 0.2) is 18.2 Å². The molecule has 98 valence electrons. The Morgan fingerprint density at radius 2 is 2.22 bits per heavy atom. The molecule has 0 aliphatic carbocycles. The van der Waals surface area contributed by atoms with Crippen molar-refractivity contribution in [2.45, 2.75) is 6.92 Å². The molecule has 0 atom stereocenters. The number of ether oxygens (including phenoxy) is 1. The van der Waals surface area contributed by atoms with E-state index in [-0.39, 0.29) is 12.3 Å². The first-order chi connectivity index (χ1) is 8.49. The van der Waals surface area contributed by atoms with Crippen LogP contribution in [0, 0.1) is 17.0 Å². The zero-order valence-corrected chi connectivity index (χ0v) is 10.0. The number of carbonyl (C=O) groups excluding carboxylic acids is 1. The summed E-state index contributed by atoms with van der Waals surface area (Å²) in [5, 5.41) is 13.6. The predicted molar refractivity (Wildman–Crippen MR) is 66.3 cm³/mol. The van der Waals surface area contributed by atoms with E-state index in [1.54, 1.807) is 13.0 Å². The van der Waals surface area contributed by atoms with E-state index < -0.39 is 10.8 Å². The Hall–Kier alpha value is -2.15. The SMILES string of the molecule is Cc1cc(NCCOCC(N)=O)cc([N+](=O)[O-])c1. The maximum Gasteiger partial charge on any atom is 0.271 e. The van der Waals surface area contributed by atoms with Gasteiger partial charge < -0.3 is 15.8 Å². The van der Waals surface area contributed by atoms with Crippen LogP contribution in [0.4, 0.5) is 11.4 Å². The number of benzene rings is 1. The van der Waals surface area contributed by atoms with E-state index in [9.17, 15) is 14.9 Å². The van der Waals surface area contributed by atoms with Gasteiger partial charge in [0.05, 0.1) is 11.5 Å². The van der Waals surface area contributed by atoms with Crippen LogP contribution in [0.1, 0.15) is 5.56 Å². The van der Waals surface area contributed by atoms with Crippen LogP contribution in [-0.4, -0.2) is 30.6 Å². The largest absolute Gasteiger partial charge is 0.383 e. The van der Waals surface area contributed by atoms with Crippen molar-refractivity contribution in [1.82, 2.24) is 0 Å². The Balaban J connectivity index is 2.47. The second kappa shape index (κ2) is 6.55. The number of amides is 1. The molecule has 1 aromatic carbocycles. The number of nitrogens with zero attached hydrogens (tertiary/aromatic N) is 1. The smallest absolute Gasteiger partial charge is 0.271 e. The molecule has 0 saturated heterocycles. The number of nitro groups is 1. The van der Waals surface area contributed by atoms with Gasteiger partial charge in [0, 0.05) is 24.4 Å². The third-order valence-corrected chi connectivity index (χ3v) is 2.09. The Bertz CT molecular complexity index is 448. The molecule has 18 heavy (non-hydrogen) atoms. The molecule has 0 aliphatic rings.